The summed E-state index contributed by atoms with van der Waals surface area (Å²) >= 11 is 3.45. The molecule has 0 heterocycles. The molecule has 0 bridgehead atoms. The minimum absolute atomic E-state index is 1.02. The summed E-state index contributed by atoms with van der Waals surface area (Å²) in [7, 11) is 0. The van der Waals surface area contributed by atoms with E-state index in [9.17, 15) is 0 Å². The second kappa shape index (κ2) is 6.55. The molecule has 0 N–H and O–H groups in total. The van der Waals surface area contributed by atoms with Crippen molar-refractivity contribution in [2.75, 3.05) is 5.33 Å². The van der Waals surface area contributed by atoms with Crippen molar-refractivity contribution in [2.45, 2.75) is 13.3 Å². The number of benzene rings is 2. The third-order valence-electron chi connectivity index (χ3n) is 3.01. The molecule has 2 aromatic rings. The van der Waals surface area contributed by atoms with E-state index in [0.717, 1.165) is 11.8 Å². The lowest BCUT2D eigenvalue weighted by molar-refractivity contribution is 1.26. The van der Waals surface area contributed by atoms with Gasteiger partial charge >= 0.3 is 0 Å². The molecule has 2 rings (SSSR count). The lowest BCUT2D eigenvalue weighted by Crippen LogP contribution is -1.82. The van der Waals surface area contributed by atoms with Crippen molar-refractivity contribution in [3.8, 4) is 11.1 Å². The summed E-state index contributed by atoms with van der Waals surface area (Å²) in [5, 5.41) is 1.02. The van der Waals surface area contributed by atoms with Crippen LogP contribution in [-0.4, -0.2) is 5.33 Å². The molecule has 18 heavy (non-hydrogen) atoms. The van der Waals surface area contributed by atoms with Crippen LogP contribution < -0.4 is 0 Å². The fourth-order valence-corrected chi connectivity index (χ4v) is 2.17. The highest BCUT2D eigenvalue weighted by atomic mass is 79.9. The highest BCUT2D eigenvalue weighted by Gasteiger charge is 1.98. The zero-order chi connectivity index (χ0) is 12.8. The smallest absolute Gasteiger partial charge is 0.00661 e. The van der Waals surface area contributed by atoms with Gasteiger partial charge in [-0.3, -0.25) is 0 Å². The molecule has 92 valence electrons. The van der Waals surface area contributed by atoms with Crippen LogP contribution in [0, 0.1) is 0 Å². The van der Waals surface area contributed by atoms with Crippen LogP contribution in [0.2, 0.25) is 0 Å². The van der Waals surface area contributed by atoms with E-state index in [1.165, 1.54) is 22.3 Å². The molecule has 0 fully saturated rings. The average Bonchev–Trinajstić information content (AvgIpc) is 2.46. The van der Waals surface area contributed by atoms with Crippen LogP contribution in [-0.2, 0) is 0 Å². The van der Waals surface area contributed by atoms with Crippen LogP contribution in [0.3, 0.4) is 0 Å². The second-order valence-corrected chi connectivity index (χ2v) is 5.10. The fraction of sp³-hybridized carbons (Fsp3) is 0.176. The molecule has 1 heteroatoms. The van der Waals surface area contributed by atoms with Crippen LogP contribution in [0.1, 0.15) is 18.9 Å². The van der Waals surface area contributed by atoms with E-state index in [1.807, 2.05) is 6.07 Å². The van der Waals surface area contributed by atoms with Crippen LogP contribution in [0.25, 0.3) is 16.7 Å². The van der Waals surface area contributed by atoms with Gasteiger partial charge in [-0.1, -0.05) is 76.6 Å². The Hall–Kier alpha value is -1.34. The average molecular weight is 301 g/mol. The van der Waals surface area contributed by atoms with Crippen LogP contribution in [0.5, 0.6) is 0 Å². The second-order valence-electron chi connectivity index (χ2n) is 4.31. The predicted octanol–water partition coefficient (Wildman–Crippen LogP) is 5.54. The van der Waals surface area contributed by atoms with Gasteiger partial charge in [0.25, 0.3) is 0 Å². The lowest BCUT2D eigenvalue weighted by atomic mass is 10.0. The summed E-state index contributed by atoms with van der Waals surface area (Å²) < 4.78 is 0. The molecule has 0 saturated carbocycles. The largest absolute Gasteiger partial charge is 0.0925 e. The maximum absolute atomic E-state index is 3.45. The summed E-state index contributed by atoms with van der Waals surface area (Å²) in [6, 6.07) is 19.3. The Morgan fingerprint density at radius 1 is 0.944 bits per heavy atom. The highest BCUT2D eigenvalue weighted by Crippen LogP contribution is 2.22. The Morgan fingerprint density at radius 3 is 2.17 bits per heavy atom. The summed E-state index contributed by atoms with van der Waals surface area (Å²) in [6.07, 6.45) is 3.35. The first-order valence-corrected chi connectivity index (χ1v) is 7.32. The predicted molar refractivity (Wildman–Crippen MR) is 83.9 cm³/mol. The zero-order valence-corrected chi connectivity index (χ0v) is 12.2. The fourth-order valence-electron chi connectivity index (χ4n) is 1.95. The normalized spacial score (nSPS) is 11.6. The van der Waals surface area contributed by atoms with Crippen LogP contribution in [0.4, 0.5) is 0 Å². The Bertz CT molecular complexity index is 509. The first-order valence-electron chi connectivity index (χ1n) is 6.20. The van der Waals surface area contributed by atoms with Crippen molar-refractivity contribution in [2.24, 2.45) is 0 Å². The molecule has 0 aromatic heterocycles. The van der Waals surface area contributed by atoms with E-state index >= 15 is 0 Å². The number of halogens is 1. The number of rotatable bonds is 4. The van der Waals surface area contributed by atoms with Gasteiger partial charge in [-0.2, -0.15) is 0 Å². The van der Waals surface area contributed by atoms with Crippen molar-refractivity contribution >= 4 is 21.5 Å². The Morgan fingerprint density at radius 2 is 1.56 bits per heavy atom. The zero-order valence-electron chi connectivity index (χ0n) is 10.6. The van der Waals surface area contributed by atoms with Gasteiger partial charge in [-0.25, -0.2) is 0 Å². The van der Waals surface area contributed by atoms with E-state index < -0.39 is 0 Å². The first-order chi connectivity index (χ1) is 8.81. The number of hydrogen-bond acceptors (Lipinski definition) is 0. The van der Waals surface area contributed by atoms with E-state index in [2.05, 4.69) is 77.5 Å². The SMILES string of the molecule is CC(=CCCBr)c1ccc(-c2ccccc2)cc1. The highest BCUT2D eigenvalue weighted by molar-refractivity contribution is 9.09. The molecule has 0 aliphatic heterocycles. The van der Waals surface area contributed by atoms with Gasteiger partial charge in [0.05, 0.1) is 0 Å². The minimum atomic E-state index is 1.02. The van der Waals surface area contributed by atoms with Crippen molar-refractivity contribution in [1.82, 2.24) is 0 Å². The monoisotopic (exact) mass is 300 g/mol. The number of alkyl halides is 1. The Balaban J connectivity index is 2.20. The maximum Gasteiger partial charge on any atom is 0.00661 e. The molecule has 0 radical (unpaired) electrons. The third kappa shape index (κ3) is 3.33. The molecule has 0 nitrogen and oxygen atoms in total. The van der Waals surface area contributed by atoms with E-state index in [1.54, 1.807) is 0 Å². The molecule has 2 aromatic carbocycles. The molecule has 0 aliphatic carbocycles. The van der Waals surface area contributed by atoms with Crippen molar-refractivity contribution < 1.29 is 0 Å². The molecule has 0 unspecified atom stereocenters. The topological polar surface area (TPSA) is 0 Å². The van der Waals surface area contributed by atoms with Gasteiger partial charge in [-0.15, -0.1) is 0 Å². The van der Waals surface area contributed by atoms with E-state index in [0.29, 0.717) is 0 Å². The molecule has 0 spiro atoms. The molecule has 0 atom stereocenters. The molecule has 0 aliphatic rings. The van der Waals surface area contributed by atoms with Gasteiger partial charge in [0, 0.05) is 5.33 Å². The first kappa shape index (κ1) is 13.1. The quantitative estimate of drug-likeness (QED) is 0.650. The van der Waals surface area contributed by atoms with Crippen molar-refractivity contribution in [3.05, 3.63) is 66.2 Å². The Kier molecular flexibility index (Phi) is 4.77. The lowest BCUT2D eigenvalue weighted by Gasteiger charge is -2.05. The third-order valence-corrected chi connectivity index (χ3v) is 3.46. The number of allylic oxidation sites excluding steroid dienone is 2. The van der Waals surface area contributed by atoms with Gasteiger partial charge < -0.3 is 0 Å². The van der Waals surface area contributed by atoms with E-state index in [-0.39, 0.29) is 0 Å². The van der Waals surface area contributed by atoms with E-state index in [4.69, 9.17) is 0 Å². The summed E-state index contributed by atoms with van der Waals surface area (Å²) in [6.45, 7) is 2.17. The number of hydrogen-bond donors (Lipinski definition) is 0. The molecular formula is C17H17Br. The molecule has 0 amide bonds. The summed E-state index contributed by atoms with van der Waals surface area (Å²) in [5.74, 6) is 0. The van der Waals surface area contributed by atoms with Crippen molar-refractivity contribution in [1.29, 1.82) is 0 Å². The standard InChI is InChI=1S/C17H17Br/c1-14(6-5-13-18)15-9-11-17(12-10-15)16-7-3-2-4-8-16/h2-4,6-12H,5,13H2,1H3. The van der Waals surface area contributed by atoms with Gasteiger partial charge in [-0.05, 0) is 35.6 Å². The minimum Gasteiger partial charge on any atom is -0.0925 e. The Labute approximate surface area is 117 Å². The molecular weight excluding hydrogens is 284 g/mol. The van der Waals surface area contributed by atoms with Gasteiger partial charge in [0.1, 0.15) is 0 Å². The summed E-state index contributed by atoms with van der Waals surface area (Å²) in [4.78, 5) is 0. The maximum atomic E-state index is 3.45. The van der Waals surface area contributed by atoms with Crippen LogP contribution >= 0.6 is 15.9 Å². The van der Waals surface area contributed by atoms with Gasteiger partial charge in [0.15, 0.2) is 0 Å². The molecule has 0 saturated heterocycles. The summed E-state index contributed by atoms with van der Waals surface area (Å²) in [5.41, 5.74) is 5.18. The van der Waals surface area contributed by atoms with Crippen LogP contribution in [0.15, 0.2) is 60.7 Å². The van der Waals surface area contributed by atoms with Crippen molar-refractivity contribution in [3.63, 3.8) is 0 Å². The van der Waals surface area contributed by atoms with Gasteiger partial charge in [0.2, 0.25) is 0 Å².